The average Bonchev–Trinajstić information content (AvgIpc) is 2.40. The molecule has 0 saturated carbocycles. The zero-order valence-corrected chi connectivity index (χ0v) is 12.0. The van der Waals surface area contributed by atoms with Gasteiger partial charge < -0.3 is 4.74 Å². The van der Waals surface area contributed by atoms with Gasteiger partial charge in [-0.1, -0.05) is 27.5 Å². The molecule has 98 valence electrons. The Morgan fingerprint density at radius 3 is 2.53 bits per heavy atom. The number of ether oxygens (including phenoxy) is 1. The van der Waals surface area contributed by atoms with Gasteiger partial charge in [0.25, 0.3) is 5.69 Å². The molecule has 0 aliphatic heterocycles. The van der Waals surface area contributed by atoms with E-state index >= 15 is 0 Å². The molecule has 0 amide bonds. The molecule has 19 heavy (non-hydrogen) atoms. The standard InChI is InChI=1S/C13H9BrClNO3/c14-10-3-6-12(15)13(7-10)19-8-9-1-4-11(5-2-9)16(17)18/h1-7H,8H2. The third-order valence-electron chi connectivity index (χ3n) is 2.43. The first-order chi connectivity index (χ1) is 9.06. The second kappa shape index (κ2) is 6.04. The van der Waals surface area contributed by atoms with Crippen LogP contribution in [0.3, 0.4) is 0 Å². The van der Waals surface area contributed by atoms with Gasteiger partial charge in [0.1, 0.15) is 12.4 Å². The molecule has 0 aromatic heterocycles. The molecule has 0 spiro atoms. The molecule has 2 aromatic carbocycles. The molecular weight excluding hydrogens is 334 g/mol. The molecule has 0 radical (unpaired) electrons. The van der Waals surface area contributed by atoms with Crippen LogP contribution >= 0.6 is 27.5 Å². The fourth-order valence-corrected chi connectivity index (χ4v) is 1.97. The van der Waals surface area contributed by atoms with Crippen molar-refractivity contribution in [3.63, 3.8) is 0 Å². The first-order valence-corrected chi connectivity index (χ1v) is 6.54. The Bertz CT molecular complexity index is 601. The topological polar surface area (TPSA) is 52.4 Å². The number of halogens is 2. The second-order valence-corrected chi connectivity index (χ2v) is 5.11. The lowest BCUT2D eigenvalue weighted by atomic mass is 10.2. The second-order valence-electron chi connectivity index (χ2n) is 3.79. The smallest absolute Gasteiger partial charge is 0.269 e. The van der Waals surface area contributed by atoms with Crippen LogP contribution in [0.25, 0.3) is 0 Å². The van der Waals surface area contributed by atoms with Gasteiger partial charge in [0.2, 0.25) is 0 Å². The van der Waals surface area contributed by atoms with E-state index in [4.69, 9.17) is 16.3 Å². The van der Waals surface area contributed by atoms with Crippen LogP contribution in [0, 0.1) is 10.1 Å². The molecule has 0 heterocycles. The summed E-state index contributed by atoms with van der Waals surface area (Å²) in [4.78, 5) is 10.1. The first-order valence-electron chi connectivity index (χ1n) is 5.37. The summed E-state index contributed by atoms with van der Waals surface area (Å²) >= 11 is 9.33. The van der Waals surface area contributed by atoms with E-state index in [0.29, 0.717) is 17.4 Å². The number of nitrogens with zero attached hydrogens (tertiary/aromatic N) is 1. The minimum absolute atomic E-state index is 0.0595. The van der Waals surface area contributed by atoms with Crippen molar-refractivity contribution >= 4 is 33.2 Å². The molecule has 6 heteroatoms. The molecule has 0 aliphatic carbocycles. The lowest BCUT2D eigenvalue weighted by molar-refractivity contribution is -0.384. The molecule has 0 N–H and O–H groups in total. The normalized spacial score (nSPS) is 10.2. The lowest BCUT2D eigenvalue weighted by Crippen LogP contribution is -1.96. The highest BCUT2D eigenvalue weighted by Gasteiger charge is 2.06. The number of hydrogen-bond donors (Lipinski definition) is 0. The van der Waals surface area contributed by atoms with Crippen molar-refractivity contribution in [3.05, 3.63) is 67.6 Å². The minimum Gasteiger partial charge on any atom is -0.487 e. The molecule has 2 aromatic rings. The zero-order chi connectivity index (χ0) is 13.8. The number of rotatable bonds is 4. The minimum atomic E-state index is -0.435. The monoisotopic (exact) mass is 341 g/mol. The molecule has 0 aliphatic rings. The highest BCUT2D eigenvalue weighted by molar-refractivity contribution is 9.10. The summed E-state index contributed by atoms with van der Waals surface area (Å²) in [6.45, 7) is 0.300. The molecule has 0 atom stereocenters. The molecule has 0 bridgehead atoms. The first kappa shape index (κ1) is 13.8. The maximum Gasteiger partial charge on any atom is 0.269 e. The zero-order valence-electron chi connectivity index (χ0n) is 9.68. The Morgan fingerprint density at radius 2 is 1.89 bits per heavy atom. The van der Waals surface area contributed by atoms with Crippen LogP contribution in [0.2, 0.25) is 5.02 Å². The maximum absolute atomic E-state index is 10.5. The quantitative estimate of drug-likeness (QED) is 0.603. The van der Waals surface area contributed by atoms with Gasteiger partial charge in [-0.05, 0) is 35.9 Å². The van der Waals surface area contributed by atoms with Crippen molar-refractivity contribution in [3.8, 4) is 5.75 Å². The predicted octanol–water partition coefficient (Wildman–Crippen LogP) is 4.59. The van der Waals surface area contributed by atoms with E-state index in [1.807, 2.05) is 6.07 Å². The van der Waals surface area contributed by atoms with Crippen LogP contribution in [0.1, 0.15) is 5.56 Å². The number of hydrogen-bond acceptors (Lipinski definition) is 3. The Hall–Kier alpha value is -1.59. The highest BCUT2D eigenvalue weighted by Crippen LogP contribution is 2.28. The van der Waals surface area contributed by atoms with Crippen LogP contribution in [0.4, 0.5) is 5.69 Å². The lowest BCUT2D eigenvalue weighted by Gasteiger charge is -2.08. The van der Waals surface area contributed by atoms with Gasteiger partial charge in [-0.2, -0.15) is 0 Å². The summed E-state index contributed by atoms with van der Waals surface area (Å²) < 4.78 is 6.44. The Kier molecular flexibility index (Phi) is 4.39. The fraction of sp³-hybridized carbons (Fsp3) is 0.0769. The molecule has 0 fully saturated rings. The third kappa shape index (κ3) is 3.68. The van der Waals surface area contributed by atoms with Gasteiger partial charge in [-0.3, -0.25) is 10.1 Å². The van der Waals surface area contributed by atoms with Gasteiger partial charge >= 0.3 is 0 Å². The average molecular weight is 343 g/mol. The van der Waals surface area contributed by atoms with E-state index in [-0.39, 0.29) is 5.69 Å². The van der Waals surface area contributed by atoms with E-state index in [1.165, 1.54) is 12.1 Å². The molecule has 2 rings (SSSR count). The highest BCUT2D eigenvalue weighted by atomic mass is 79.9. The molecule has 0 unspecified atom stereocenters. The fourth-order valence-electron chi connectivity index (χ4n) is 1.46. The summed E-state index contributed by atoms with van der Waals surface area (Å²) in [5, 5.41) is 11.0. The third-order valence-corrected chi connectivity index (χ3v) is 3.24. The van der Waals surface area contributed by atoms with Crippen molar-refractivity contribution < 1.29 is 9.66 Å². The van der Waals surface area contributed by atoms with Crippen molar-refractivity contribution in [2.45, 2.75) is 6.61 Å². The van der Waals surface area contributed by atoms with Gasteiger partial charge in [-0.25, -0.2) is 0 Å². The van der Waals surface area contributed by atoms with E-state index in [1.54, 1.807) is 24.3 Å². The van der Waals surface area contributed by atoms with Gasteiger partial charge in [0.15, 0.2) is 0 Å². The summed E-state index contributed by atoms with van der Waals surface area (Å²) in [6.07, 6.45) is 0. The van der Waals surface area contributed by atoms with Crippen molar-refractivity contribution in [2.24, 2.45) is 0 Å². The van der Waals surface area contributed by atoms with Crippen LogP contribution in [0.15, 0.2) is 46.9 Å². The molecular formula is C13H9BrClNO3. The van der Waals surface area contributed by atoms with Gasteiger partial charge in [-0.15, -0.1) is 0 Å². The van der Waals surface area contributed by atoms with E-state index in [0.717, 1.165) is 10.0 Å². The summed E-state index contributed by atoms with van der Waals surface area (Å²) in [6, 6.07) is 11.5. The molecule has 0 saturated heterocycles. The Labute approximate surface area is 123 Å². The van der Waals surface area contributed by atoms with E-state index in [2.05, 4.69) is 15.9 Å². The van der Waals surface area contributed by atoms with Gasteiger partial charge in [0, 0.05) is 16.6 Å². The predicted molar refractivity (Wildman–Crippen MR) is 76.6 cm³/mol. The van der Waals surface area contributed by atoms with Crippen molar-refractivity contribution in [1.82, 2.24) is 0 Å². The summed E-state index contributed by atoms with van der Waals surface area (Å²) in [7, 11) is 0. The van der Waals surface area contributed by atoms with Crippen LogP contribution in [-0.2, 0) is 6.61 Å². The van der Waals surface area contributed by atoms with Gasteiger partial charge in [0.05, 0.1) is 9.95 Å². The summed E-state index contributed by atoms with van der Waals surface area (Å²) in [5.41, 5.74) is 0.894. The van der Waals surface area contributed by atoms with Crippen molar-refractivity contribution in [2.75, 3.05) is 0 Å². The maximum atomic E-state index is 10.5. The number of non-ortho nitro benzene ring substituents is 1. The van der Waals surface area contributed by atoms with Crippen LogP contribution < -0.4 is 4.74 Å². The Balaban J connectivity index is 2.06. The van der Waals surface area contributed by atoms with Crippen LogP contribution in [-0.4, -0.2) is 4.92 Å². The van der Waals surface area contributed by atoms with E-state index < -0.39 is 4.92 Å². The summed E-state index contributed by atoms with van der Waals surface area (Å²) in [5.74, 6) is 0.564. The number of benzene rings is 2. The number of nitro benzene ring substituents is 1. The van der Waals surface area contributed by atoms with Crippen molar-refractivity contribution in [1.29, 1.82) is 0 Å². The SMILES string of the molecule is O=[N+]([O-])c1ccc(COc2cc(Br)ccc2Cl)cc1. The van der Waals surface area contributed by atoms with Crippen LogP contribution in [0.5, 0.6) is 5.75 Å². The molecule has 4 nitrogen and oxygen atoms in total. The number of nitro groups is 1. The van der Waals surface area contributed by atoms with E-state index in [9.17, 15) is 10.1 Å². The largest absolute Gasteiger partial charge is 0.487 e. The Morgan fingerprint density at radius 1 is 1.21 bits per heavy atom.